The Hall–Kier alpha value is -1.22. The number of hydrogen-bond donors (Lipinski definition) is 2. The average molecular weight is 213 g/mol. The van der Waals surface area contributed by atoms with Crippen LogP contribution >= 0.6 is 12.4 Å². The minimum absolute atomic E-state index is 0. The maximum atomic E-state index is 7.34. The van der Waals surface area contributed by atoms with Gasteiger partial charge in [0.2, 0.25) is 0 Å². The van der Waals surface area contributed by atoms with Gasteiger partial charge in [-0.15, -0.1) is 12.4 Å². The van der Waals surface area contributed by atoms with Crippen molar-refractivity contribution in [2.24, 2.45) is 5.73 Å². The zero-order valence-electron chi connectivity index (χ0n) is 7.69. The first-order chi connectivity index (χ1) is 6.27. The number of benzene rings is 1. The van der Waals surface area contributed by atoms with Crippen LogP contribution in [0.5, 0.6) is 5.75 Å². The lowest BCUT2D eigenvalue weighted by Gasteiger charge is -2.08. The summed E-state index contributed by atoms with van der Waals surface area (Å²) in [5.74, 6) is 0.800. The molecule has 1 aromatic carbocycles. The monoisotopic (exact) mass is 212 g/mol. The molecule has 0 atom stereocenters. The van der Waals surface area contributed by atoms with Crippen LogP contribution in [0.3, 0.4) is 0 Å². The molecule has 1 aliphatic carbocycles. The number of nitrogens with one attached hydrogen (secondary N) is 1. The number of hydrogen-bond acceptors (Lipinski definition) is 2. The predicted octanol–water partition coefficient (Wildman–Crippen LogP) is 1.93. The second kappa shape index (κ2) is 4.33. The maximum absolute atomic E-state index is 7.34. The standard InChI is InChI=1S/C10H12N2O.ClH/c11-10(12)8-3-1-2-4-9(8)13-7-5-6-7;/h1-4,7H,5-6H2,(H3,11,12);1H. The van der Waals surface area contributed by atoms with Gasteiger partial charge in [0, 0.05) is 0 Å². The first-order valence-corrected chi connectivity index (χ1v) is 4.37. The van der Waals surface area contributed by atoms with Crippen LogP contribution in [0.2, 0.25) is 0 Å². The fraction of sp³-hybridized carbons (Fsp3) is 0.300. The highest BCUT2D eigenvalue weighted by molar-refractivity contribution is 5.97. The third-order valence-electron chi connectivity index (χ3n) is 2.00. The highest BCUT2D eigenvalue weighted by Crippen LogP contribution is 2.28. The van der Waals surface area contributed by atoms with Crippen molar-refractivity contribution in [3.8, 4) is 5.75 Å². The first kappa shape index (κ1) is 10.9. The molecule has 0 spiro atoms. The third kappa shape index (κ3) is 2.39. The molecule has 2 rings (SSSR count). The fourth-order valence-corrected chi connectivity index (χ4v) is 1.16. The van der Waals surface area contributed by atoms with Crippen molar-refractivity contribution >= 4 is 18.2 Å². The van der Waals surface area contributed by atoms with Gasteiger partial charge in [0.15, 0.2) is 0 Å². The van der Waals surface area contributed by atoms with E-state index >= 15 is 0 Å². The largest absolute Gasteiger partial charge is 0.490 e. The number of rotatable bonds is 3. The van der Waals surface area contributed by atoms with Crippen LogP contribution in [0.1, 0.15) is 18.4 Å². The van der Waals surface area contributed by atoms with E-state index in [1.54, 1.807) is 6.07 Å². The lowest BCUT2D eigenvalue weighted by atomic mass is 10.2. The molecule has 0 heterocycles. The Morgan fingerprint density at radius 2 is 2.00 bits per heavy atom. The van der Waals surface area contributed by atoms with E-state index in [2.05, 4.69) is 0 Å². The van der Waals surface area contributed by atoms with Crippen molar-refractivity contribution in [1.82, 2.24) is 0 Å². The van der Waals surface area contributed by atoms with E-state index in [9.17, 15) is 0 Å². The second-order valence-electron chi connectivity index (χ2n) is 3.23. The smallest absolute Gasteiger partial charge is 0.130 e. The summed E-state index contributed by atoms with van der Waals surface area (Å²) in [7, 11) is 0. The molecule has 1 fully saturated rings. The molecule has 1 aliphatic rings. The first-order valence-electron chi connectivity index (χ1n) is 4.37. The summed E-state index contributed by atoms with van der Waals surface area (Å²) >= 11 is 0. The van der Waals surface area contributed by atoms with Crippen LogP contribution in [0.25, 0.3) is 0 Å². The van der Waals surface area contributed by atoms with Gasteiger partial charge in [-0.2, -0.15) is 0 Å². The SMILES string of the molecule is Cl.N=C(N)c1ccccc1OC1CC1. The van der Waals surface area contributed by atoms with Crippen LogP contribution in [0.4, 0.5) is 0 Å². The molecule has 0 bridgehead atoms. The Bertz CT molecular complexity index is 337. The Morgan fingerprint density at radius 3 is 2.57 bits per heavy atom. The van der Waals surface area contributed by atoms with Gasteiger partial charge in [-0.1, -0.05) is 12.1 Å². The molecule has 4 heteroatoms. The van der Waals surface area contributed by atoms with Gasteiger partial charge < -0.3 is 10.5 Å². The Labute approximate surface area is 89.2 Å². The second-order valence-corrected chi connectivity index (χ2v) is 3.23. The molecule has 0 aliphatic heterocycles. The van der Waals surface area contributed by atoms with Crippen LogP contribution in [0, 0.1) is 5.41 Å². The van der Waals surface area contributed by atoms with Gasteiger partial charge in [0.05, 0.1) is 11.7 Å². The minimum atomic E-state index is 0. The molecule has 0 amide bonds. The van der Waals surface area contributed by atoms with Gasteiger partial charge in [0.25, 0.3) is 0 Å². The average Bonchev–Trinajstić information content (AvgIpc) is 2.89. The van der Waals surface area contributed by atoms with E-state index in [-0.39, 0.29) is 18.2 Å². The van der Waals surface area contributed by atoms with E-state index < -0.39 is 0 Å². The number of ether oxygens (including phenoxy) is 1. The Morgan fingerprint density at radius 1 is 1.36 bits per heavy atom. The summed E-state index contributed by atoms with van der Waals surface area (Å²) in [5.41, 5.74) is 6.10. The molecule has 1 aromatic rings. The Kier molecular flexibility index (Phi) is 3.36. The lowest BCUT2D eigenvalue weighted by molar-refractivity contribution is 0.302. The Balaban J connectivity index is 0.000000980. The molecule has 76 valence electrons. The summed E-state index contributed by atoms with van der Waals surface area (Å²) in [6, 6.07) is 7.41. The zero-order valence-corrected chi connectivity index (χ0v) is 8.51. The summed E-state index contributed by atoms with van der Waals surface area (Å²) < 4.78 is 5.60. The van der Waals surface area contributed by atoms with Crippen molar-refractivity contribution in [2.75, 3.05) is 0 Å². The number of halogens is 1. The van der Waals surface area contributed by atoms with E-state index in [0.717, 1.165) is 18.6 Å². The quantitative estimate of drug-likeness (QED) is 0.594. The topological polar surface area (TPSA) is 59.1 Å². The van der Waals surface area contributed by atoms with Crippen molar-refractivity contribution in [3.05, 3.63) is 29.8 Å². The summed E-state index contributed by atoms with van der Waals surface area (Å²) in [5, 5.41) is 7.34. The summed E-state index contributed by atoms with van der Waals surface area (Å²) in [6.07, 6.45) is 2.58. The lowest BCUT2D eigenvalue weighted by Crippen LogP contribution is -2.13. The number of nitrogens with two attached hydrogens (primary N) is 1. The van der Waals surface area contributed by atoms with Gasteiger partial charge in [-0.3, -0.25) is 5.41 Å². The van der Waals surface area contributed by atoms with Crippen LogP contribution in [0.15, 0.2) is 24.3 Å². The highest BCUT2D eigenvalue weighted by atomic mass is 35.5. The number of nitrogen functional groups attached to an aromatic ring is 1. The molecule has 1 saturated carbocycles. The van der Waals surface area contributed by atoms with E-state index in [0.29, 0.717) is 11.7 Å². The van der Waals surface area contributed by atoms with E-state index in [1.807, 2.05) is 18.2 Å². The molecule has 3 N–H and O–H groups in total. The maximum Gasteiger partial charge on any atom is 0.130 e. The van der Waals surface area contributed by atoms with Gasteiger partial charge in [0.1, 0.15) is 11.6 Å². The molecule has 3 nitrogen and oxygen atoms in total. The summed E-state index contributed by atoms with van der Waals surface area (Å²) in [4.78, 5) is 0. The van der Waals surface area contributed by atoms with Crippen molar-refractivity contribution in [1.29, 1.82) is 5.41 Å². The highest BCUT2D eigenvalue weighted by Gasteiger charge is 2.24. The normalized spacial score (nSPS) is 14.3. The van der Waals surface area contributed by atoms with Crippen LogP contribution in [-0.2, 0) is 0 Å². The fourth-order valence-electron chi connectivity index (χ4n) is 1.16. The molecule has 0 aromatic heterocycles. The molecular weight excluding hydrogens is 200 g/mol. The molecule has 0 radical (unpaired) electrons. The zero-order chi connectivity index (χ0) is 9.26. The molecule has 14 heavy (non-hydrogen) atoms. The van der Waals surface area contributed by atoms with E-state index in [4.69, 9.17) is 15.9 Å². The van der Waals surface area contributed by atoms with Crippen LogP contribution in [-0.4, -0.2) is 11.9 Å². The van der Waals surface area contributed by atoms with Crippen molar-refractivity contribution in [3.63, 3.8) is 0 Å². The predicted molar refractivity (Wildman–Crippen MR) is 58.4 cm³/mol. The van der Waals surface area contributed by atoms with Gasteiger partial charge in [-0.25, -0.2) is 0 Å². The number of amidine groups is 1. The molecule has 0 saturated heterocycles. The van der Waals surface area contributed by atoms with Gasteiger partial charge >= 0.3 is 0 Å². The third-order valence-corrected chi connectivity index (χ3v) is 2.00. The van der Waals surface area contributed by atoms with Crippen LogP contribution < -0.4 is 10.5 Å². The molecular formula is C10H13ClN2O. The van der Waals surface area contributed by atoms with Crippen molar-refractivity contribution < 1.29 is 4.74 Å². The number of para-hydroxylation sites is 1. The van der Waals surface area contributed by atoms with E-state index in [1.165, 1.54) is 0 Å². The minimum Gasteiger partial charge on any atom is -0.490 e. The van der Waals surface area contributed by atoms with Gasteiger partial charge in [-0.05, 0) is 25.0 Å². The summed E-state index contributed by atoms with van der Waals surface area (Å²) in [6.45, 7) is 0. The molecule has 0 unspecified atom stereocenters. The van der Waals surface area contributed by atoms with Crippen molar-refractivity contribution in [2.45, 2.75) is 18.9 Å².